The molecule has 2 rings (SSSR count). The molecular weight excluding hydrogens is 492 g/mol. The van der Waals surface area contributed by atoms with Gasteiger partial charge in [0, 0.05) is 10.7 Å². The molecule has 0 bridgehead atoms. The maximum Gasteiger partial charge on any atom is 0.228 e. The van der Waals surface area contributed by atoms with Gasteiger partial charge in [-0.05, 0) is 54.2 Å². The largest absolute Gasteiger partial charge is 0.493 e. The monoisotopic (exact) mass is 509 g/mol. The van der Waals surface area contributed by atoms with Crippen LogP contribution in [0.2, 0.25) is 5.02 Å². The summed E-state index contributed by atoms with van der Waals surface area (Å²) in [6.45, 7) is 0. The molecule has 0 aliphatic carbocycles. The minimum atomic E-state index is -1.86. The molecule has 0 aliphatic heterocycles. The number of rotatable bonds is 7. The van der Waals surface area contributed by atoms with Crippen LogP contribution in [0.4, 0.5) is 5.69 Å². The molecule has 0 saturated carbocycles. The lowest BCUT2D eigenvalue weighted by Crippen LogP contribution is -2.56. The topological polar surface area (TPSA) is 71.6 Å². The number of thiocarbonyl (C=S) groups is 1. The summed E-state index contributed by atoms with van der Waals surface area (Å²) in [5, 5.41) is 9.09. The average molecular weight is 511 g/mol. The molecule has 0 aliphatic rings. The number of methoxy groups -OCH3 is 2. The van der Waals surface area contributed by atoms with E-state index in [1.54, 1.807) is 42.5 Å². The molecule has 6 nitrogen and oxygen atoms in total. The number of hydrogen-bond acceptors (Lipinski definition) is 4. The van der Waals surface area contributed by atoms with Crippen LogP contribution in [0.5, 0.6) is 11.5 Å². The van der Waals surface area contributed by atoms with E-state index in [-0.39, 0.29) is 17.4 Å². The Morgan fingerprint density at radius 1 is 1.03 bits per heavy atom. The van der Waals surface area contributed by atoms with Crippen molar-refractivity contribution in [1.29, 1.82) is 0 Å². The number of alkyl halides is 3. The number of anilines is 1. The van der Waals surface area contributed by atoms with Crippen molar-refractivity contribution < 1.29 is 14.3 Å². The van der Waals surface area contributed by atoms with Gasteiger partial charge in [0.1, 0.15) is 6.17 Å². The molecular formula is C19H19Cl4N3O3S. The summed E-state index contributed by atoms with van der Waals surface area (Å²) in [4.78, 5) is 12.5. The lowest BCUT2D eigenvalue weighted by molar-refractivity contribution is -0.121. The van der Waals surface area contributed by atoms with E-state index in [2.05, 4.69) is 16.0 Å². The highest BCUT2D eigenvalue weighted by molar-refractivity contribution is 7.80. The molecule has 0 aromatic heterocycles. The Bertz CT molecular complexity index is 892. The first-order chi connectivity index (χ1) is 14.1. The first kappa shape index (κ1) is 24.6. The number of nitrogens with one attached hydrogen (secondary N) is 3. The fraction of sp³-hybridized carbons (Fsp3) is 0.263. The van der Waals surface area contributed by atoms with Gasteiger partial charge in [-0.15, -0.1) is 0 Å². The van der Waals surface area contributed by atoms with Gasteiger partial charge in [-0.3, -0.25) is 4.79 Å². The van der Waals surface area contributed by atoms with E-state index in [4.69, 9.17) is 68.1 Å². The number of halogens is 4. The fourth-order valence-electron chi connectivity index (χ4n) is 2.42. The molecule has 1 atom stereocenters. The van der Waals surface area contributed by atoms with Crippen LogP contribution < -0.4 is 25.4 Å². The number of carbonyl (C=O) groups excluding carboxylic acids is 1. The highest BCUT2D eigenvalue weighted by Gasteiger charge is 2.34. The second-order valence-electron chi connectivity index (χ2n) is 6.01. The van der Waals surface area contributed by atoms with Crippen LogP contribution in [0.3, 0.4) is 0 Å². The van der Waals surface area contributed by atoms with E-state index in [9.17, 15) is 4.79 Å². The van der Waals surface area contributed by atoms with Crippen molar-refractivity contribution in [2.45, 2.75) is 16.4 Å². The van der Waals surface area contributed by atoms with Crippen LogP contribution in [0.25, 0.3) is 0 Å². The molecule has 3 N–H and O–H groups in total. The fourth-order valence-corrected chi connectivity index (χ4v) is 3.11. The van der Waals surface area contributed by atoms with Gasteiger partial charge in [-0.1, -0.05) is 52.5 Å². The van der Waals surface area contributed by atoms with Crippen LogP contribution >= 0.6 is 58.6 Å². The quantitative estimate of drug-likeness (QED) is 0.285. The van der Waals surface area contributed by atoms with Crippen molar-refractivity contribution in [1.82, 2.24) is 10.6 Å². The summed E-state index contributed by atoms with van der Waals surface area (Å²) in [5.74, 6) is 0.675. The molecule has 1 amide bonds. The number of hydrogen-bond donors (Lipinski definition) is 3. The van der Waals surface area contributed by atoms with Crippen molar-refractivity contribution in [2.75, 3.05) is 19.5 Å². The van der Waals surface area contributed by atoms with Gasteiger partial charge in [0.15, 0.2) is 16.6 Å². The smallest absolute Gasteiger partial charge is 0.228 e. The molecule has 0 fully saturated rings. The van der Waals surface area contributed by atoms with E-state index in [0.717, 1.165) is 0 Å². The zero-order chi connectivity index (χ0) is 22.3. The lowest BCUT2D eigenvalue weighted by Gasteiger charge is -2.28. The van der Waals surface area contributed by atoms with Crippen LogP contribution in [-0.2, 0) is 11.2 Å². The van der Waals surface area contributed by atoms with Gasteiger partial charge in [-0.25, -0.2) is 0 Å². The van der Waals surface area contributed by atoms with Crippen molar-refractivity contribution in [3.05, 3.63) is 53.1 Å². The van der Waals surface area contributed by atoms with Crippen molar-refractivity contribution in [3.8, 4) is 11.5 Å². The second-order valence-corrected chi connectivity index (χ2v) is 9.23. The lowest BCUT2D eigenvalue weighted by atomic mass is 10.1. The molecule has 0 unspecified atom stereocenters. The highest BCUT2D eigenvalue weighted by Crippen LogP contribution is 2.30. The Labute approximate surface area is 200 Å². The zero-order valence-electron chi connectivity index (χ0n) is 16.0. The van der Waals surface area contributed by atoms with Crippen molar-refractivity contribution >= 4 is 75.3 Å². The minimum Gasteiger partial charge on any atom is -0.493 e. The van der Waals surface area contributed by atoms with Crippen LogP contribution in [-0.4, -0.2) is 35.2 Å². The first-order valence-electron chi connectivity index (χ1n) is 8.52. The van der Waals surface area contributed by atoms with Gasteiger partial charge >= 0.3 is 0 Å². The number of carbonyl (C=O) groups is 1. The summed E-state index contributed by atoms with van der Waals surface area (Å²) >= 11 is 29.1. The predicted molar refractivity (Wildman–Crippen MR) is 126 cm³/mol. The maximum absolute atomic E-state index is 12.5. The van der Waals surface area contributed by atoms with E-state index >= 15 is 0 Å². The van der Waals surface area contributed by atoms with Crippen molar-refractivity contribution in [3.63, 3.8) is 0 Å². The van der Waals surface area contributed by atoms with Crippen LogP contribution in [0.1, 0.15) is 5.56 Å². The first-order valence-corrected chi connectivity index (χ1v) is 10.4. The maximum atomic E-state index is 12.5. The number of ether oxygens (including phenoxy) is 2. The molecule has 0 saturated heterocycles. The summed E-state index contributed by atoms with van der Waals surface area (Å²) in [6, 6.07) is 12.0. The normalized spacial score (nSPS) is 11.9. The van der Waals surface area contributed by atoms with Gasteiger partial charge in [0.2, 0.25) is 9.70 Å². The third kappa shape index (κ3) is 7.56. The summed E-state index contributed by atoms with van der Waals surface area (Å²) < 4.78 is 8.57. The minimum absolute atomic E-state index is 0.0245. The van der Waals surface area contributed by atoms with E-state index in [1.165, 1.54) is 14.2 Å². The molecule has 11 heteroatoms. The van der Waals surface area contributed by atoms with Crippen LogP contribution in [0.15, 0.2) is 42.5 Å². The standard InChI is InChI=1S/C19H19Cl4N3O3S/c1-28-14-8-3-11(9-15(14)29-2)10-16(27)25-17(19(21,22)23)26-18(30)24-13-6-4-12(20)5-7-13/h3-9,17H,10H2,1-2H3,(H,25,27)(H2,24,26,30)/t17-/m1/s1. The summed E-state index contributed by atoms with van der Waals surface area (Å²) in [5.41, 5.74) is 1.37. The molecule has 162 valence electrons. The van der Waals surface area contributed by atoms with Gasteiger partial charge in [0.25, 0.3) is 0 Å². The third-order valence-corrected chi connectivity index (χ3v) is 4.95. The number of amides is 1. The van der Waals surface area contributed by atoms with Crippen molar-refractivity contribution in [2.24, 2.45) is 0 Å². The number of benzene rings is 2. The Morgan fingerprint density at radius 2 is 1.67 bits per heavy atom. The van der Waals surface area contributed by atoms with E-state index in [1.807, 2.05) is 0 Å². The van der Waals surface area contributed by atoms with Gasteiger partial charge in [0.05, 0.1) is 20.6 Å². The van der Waals surface area contributed by atoms with Gasteiger partial charge < -0.3 is 25.4 Å². The predicted octanol–water partition coefficient (Wildman–Crippen LogP) is 4.70. The van der Waals surface area contributed by atoms with Gasteiger partial charge in [-0.2, -0.15) is 0 Å². The Morgan fingerprint density at radius 3 is 2.23 bits per heavy atom. The summed E-state index contributed by atoms with van der Waals surface area (Å²) in [7, 11) is 3.04. The molecule has 30 heavy (non-hydrogen) atoms. The Kier molecular flexibility index (Phi) is 9.12. The highest BCUT2D eigenvalue weighted by atomic mass is 35.6. The molecule has 2 aromatic carbocycles. The van der Waals surface area contributed by atoms with E-state index < -0.39 is 9.96 Å². The van der Waals surface area contributed by atoms with Crippen LogP contribution in [0, 0.1) is 0 Å². The molecule has 0 radical (unpaired) electrons. The second kappa shape index (κ2) is 11.1. The zero-order valence-corrected chi connectivity index (χ0v) is 19.8. The average Bonchev–Trinajstić information content (AvgIpc) is 2.68. The molecule has 0 spiro atoms. The Hall–Kier alpha value is -1.64. The molecule has 2 aromatic rings. The Balaban J connectivity index is 2.02. The van der Waals surface area contributed by atoms with E-state index in [0.29, 0.717) is 27.8 Å². The summed E-state index contributed by atoms with van der Waals surface area (Å²) in [6.07, 6.45) is -1.06. The SMILES string of the molecule is COc1ccc(CC(=O)N[C@H](NC(=S)Nc2ccc(Cl)cc2)C(Cl)(Cl)Cl)cc1OC. The third-order valence-electron chi connectivity index (χ3n) is 3.82. The molecule has 0 heterocycles.